The van der Waals surface area contributed by atoms with Gasteiger partial charge in [-0.15, -0.1) is 5.10 Å². The van der Waals surface area contributed by atoms with Crippen LogP contribution in [0.15, 0.2) is 36.7 Å². The number of nitrogens with zero attached hydrogens (tertiary/aromatic N) is 3. The summed E-state index contributed by atoms with van der Waals surface area (Å²) in [5.41, 5.74) is 6.09. The Morgan fingerprint density at radius 2 is 2.00 bits per heavy atom. The highest BCUT2D eigenvalue weighted by molar-refractivity contribution is 6.30. The van der Waals surface area contributed by atoms with Gasteiger partial charge in [-0.1, -0.05) is 31.4 Å². The van der Waals surface area contributed by atoms with Crippen molar-refractivity contribution < 1.29 is 23.0 Å². The van der Waals surface area contributed by atoms with Crippen molar-refractivity contribution in [3.05, 3.63) is 53.3 Å². The molecule has 0 bridgehead atoms. The normalized spacial score (nSPS) is 10.8. The molecule has 3 rings (SSSR count). The molecule has 0 saturated carbocycles. The van der Waals surface area contributed by atoms with Crippen molar-refractivity contribution in [3.8, 4) is 23.1 Å². The molecule has 1 aromatic carbocycles. The van der Waals surface area contributed by atoms with Gasteiger partial charge in [-0.25, -0.2) is 18.4 Å². The van der Waals surface area contributed by atoms with Crippen molar-refractivity contribution in [1.82, 2.24) is 14.8 Å². The Balaban J connectivity index is 1.74. The molecule has 2 N–H and O–H groups in total. The summed E-state index contributed by atoms with van der Waals surface area (Å²) in [6.45, 7) is 2.03. The van der Waals surface area contributed by atoms with Crippen LogP contribution in [0.25, 0.3) is 5.69 Å². The first-order valence-electron chi connectivity index (χ1n) is 9.22. The number of ether oxygens (including phenoxy) is 2. The van der Waals surface area contributed by atoms with Crippen LogP contribution in [0, 0.1) is 11.6 Å². The van der Waals surface area contributed by atoms with Crippen molar-refractivity contribution in [1.29, 1.82) is 0 Å². The zero-order chi connectivity index (χ0) is 21.7. The van der Waals surface area contributed by atoms with E-state index in [4.69, 9.17) is 26.8 Å². The number of esters is 1. The monoisotopic (exact) mass is 436 g/mol. The maximum atomic E-state index is 14.5. The fourth-order valence-electron chi connectivity index (χ4n) is 2.57. The average Bonchev–Trinajstić information content (AvgIpc) is 3.06. The van der Waals surface area contributed by atoms with Gasteiger partial charge in [0.1, 0.15) is 0 Å². The van der Waals surface area contributed by atoms with E-state index >= 15 is 0 Å². The minimum absolute atomic E-state index is 0.00740. The first-order valence-corrected chi connectivity index (χ1v) is 9.59. The van der Waals surface area contributed by atoms with Gasteiger partial charge < -0.3 is 15.2 Å². The summed E-state index contributed by atoms with van der Waals surface area (Å²) in [4.78, 5) is 15.6. The summed E-state index contributed by atoms with van der Waals surface area (Å²) in [5.74, 6) is -2.59. The van der Waals surface area contributed by atoms with E-state index in [1.165, 1.54) is 29.2 Å². The van der Waals surface area contributed by atoms with Crippen molar-refractivity contribution >= 4 is 23.4 Å². The molecule has 0 radical (unpaired) electrons. The molecule has 10 heteroatoms. The Labute approximate surface area is 176 Å². The number of carbonyl (C=O) groups is 1. The molecule has 30 heavy (non-hydrogen) atoms. The highest BCUT2D eigenvalue weighted by atomic mass is 35.5. The summed E-state index contributed by atoms with van der Waals surface area (Å²) in [6, 6.07) is 4.89. The number of carbonyl (C=O) groups excluding carboxylic acids is 1. The summed E-state index contributed by atoms with van der Waals surface area (Å²) < 4.78 is 39.9. The second-order valence-electron chi connectivity index (χ2n) is 6.41. The molecule has 0 amide bonds. The lowest BCUT2D eigenvalue weighted by atomic mass is 10.2. The molecule has 2 heterocycles. The largest absolute Gasteiger partial charge is 0.433 e. The van der Waals surface area contributed by atoms with Gasteiger partial charge in [-0.2, -0.15) is 0 Å². The minimum Gasteiger partial charge on any atom is -0.433 e. The molecule has 0 saturated heterocycles. The van der Waals surface area contributed by atoms with Gasteiger partial charge in [0.05, 0.1) is 16.9 Å². The number of hydrogen-bond acceptors (Lipinski definition) is 6. The molecule has 0 atom stereocenters. The number of halogens is 3. The molecular formula is C20H19ClF2N4O3. The number of nitrogen functional groups attached to an aromatic ring is 1. The number of aromatic nitrogens is 3. The smallest absolute Gasteiger partial charge is 0.311 e. The van der Waals surface area contributed by atoms with Crippen LogP contribution in [-0.2, 0) is 4.79 Å². The SMILES string of the molecule is CCCCCC(=O)Oc1cn(-c2ccc(Oc3ncc(Cl)cc3F)c(F)c2)nc1N. The molecular weight excluding hydrogens is 418 g/mol. The van der Waals surface area contributed by atoms with Gasteiger partial charge >= 0.3 is 5.97 Å². The molecule has 158 valence electrons. The Kier molecular flexibility index (Phi) is 6.83. The van der Waals surface area contributed by atoms with E-state index in [0.717, 1.165) is 31.4 Å². The van der Waals surface area contributed by atoms with Gasteiger partial charge in [-0.3, -0.25) is 4.79 Å². The van der Waals surface area contributed by atoms with Gasteiger partial charge in [0.2, 0.25) is 0 Å². The van der Waals surface area contributed by atoms with E-state index in [2.05, 4.69) is 10.1 Å². The molecule has 0 fully saturated rings. The van der Waals surface area contributed by atoms with Gasteiger partial charge in [0.15, 0.2) is 29.0 Å². The number of rotatable bonds is 8. The number of hydrogen-bond donors (Lipinski definition) is 1. The number of benzene rings is 1. The second-order valence-corrected chi connectivity index (χ2v) is 6.85. The maximum absolute atomic E-state index is 14.5. The van der Waals surface area contributed by atoms with Gasteiger partial charge in [0.25, 0.3) is 5.88 Å². The fraction of sp³-hybridized carbons (Fsp3) is 0.250. The number of pyridine rings is 1. The lowest BCUT2D eigenvalue weighted by Crippen LogP contribution is -2.08. The predicted octanol–water partition coefficient (Wildman–Crippen LogP) is 5.06. The molecule has 7 nitrogen and oxygen atoms in total. The second kappa shape index (κ2) is 9.53. The van der Waals surface area contributed by atoms with Crippen LogP contribution in [0.1, 0.15) is 32.6 Å². The quantitative estimate of drug-likeness (QED) is 0.392. The predicted molar refractivity (Wildman–Crippen MR) is 107 cm³/mol. The molecule has 0 spiro atoms. The maximum Gasteiger partial charge on any atom is 0.311 e. The van der Waals surface area contributed by atoms with Crippen molar-refractivity contribution in [2.24, 2.45) is 0 Å². The third-order valence-corrected chi connectivity index (χ3v) is 4.28. The molecule has 0 unspecified atom stereocenters. The third kappa shape index (κ3) is 5.24. The summed E-state index contributed by atoms with van der Waals surface area (Å²) >= 11 is 5.63. The lowest BCUT2D eigenvalue weighted by Gasteiger charge is -2.08. The Hall–Kier alpha value is -3.20. The highest BCUT2D eigenvalue weighted by Gasteiger charge is 2.15. The first kappa shape index (κ1) is 21.5. The van der Waals surface area contributed by atoms with Gasteiger partial charge in [0, 0.05) is 18.7 Å². The van der Waals surface area contributed by atoms with E-state index in [1.54, 1.807) is 0 Å². The highest BCUT2D eigenvalue weighted by Crippen LogP contribution is 2.29. The fourth-order valence-corrected chi connectivity index (χ4v) is 2.72. The minimum atomic E-state index is -0.823. The van der Waals surface area contributed by atoms with Crippen LogP contribution >= 0.6 is 11.6 Å². The zero-order valence-corrected chi connectivity index (χ0v) is 16.8. The van der Waals surface area contributed by atoms with Crippen LogP contribution in [0.3, 0.4) is 0 Å². The zero-order valence-electron chi connectivity index (χ0n) is 16.1. The number of unbranched alkanes of at least 4 members (excludes halogenated alkanes) is 2. The van der Waals surface area contributed by atoms with Crippen LogP contribution in [-0.4, -0.2) is 20.7 Å². The van der Waals surface area contributed by atoms with Gasteiger partial charge in [-0.05, 0) is 24.6 Å². The Bertz CT molecular complexity index is 1060. The number of anilines is 1. The van der Waals surface area contributed by atoms with E-state index in [9.17, 15) is 13.6 Å². The molecule has 3 aromatic rings. The molecule has 0 aliphatic heterocycles. The molecule has 0 aliphatic rings. The third-order valence-electron chi connectivity index (χ3n) is 4.08. The Morgan fingerprint density at radius 1 is 1.20 bits per heavy atom. The van der Waals surface area contributed by atoms with Crippen molar-refractivity contribution in [2.45, 2.75) is 32.6 Å². The topological polar surface area (TPSA) is 92.3 Å². The Morgan fingerprint density at radius 3 is 2.70 bits per heavy atom. The van der Waals surface area contributed by atoms with Crippen LogP contribution in [0.2, 0.25) is 5.02 Å². The molecule has 2 aromatic heterocycles. The van der Waals surface area contributed by atoms with E-state index in [1.807, 2.05) is 6.92 Å². The first-order chi connectivity index (χ1) is 14.4. The average molecular weight is 437 g/mol. The van der Waals surface area contributed by atoms with Crippen LogP contribution in [0.4, 0.5) is 14.6 Å². The van der Waals surface area contributed by atoms with Crippen molar-refractivity contribution in [3.63, 3.8) is 0 Å². The van der Waals surface area contributed by atoms with Crippen molar-refractivity contribution in [2.75, 3.05) is 5.73 Å². The van der Waals surface area contributed by atoms with Crippen LogP contribution < -0.4 is 15.2 Å². The van der Waals surface area contributed by atoms with E-state index < -0.39 is 23.5 Å². The van der Waals surface area contributed by atoms with E-state index in [0.29, 0.717) is 5.69 Å². The summed E-state index contributed by atoms with van der Waals surface area (Å²) in [6.07, 6.45) is 5.46. The lowest BCUT2D eigenvalue weighted by molar-refractivity contribution is -0.134. The standard InChI is InChI=1S/C20H19ClF2N4O3/c1-2-3-4-5-18(28)29-17-11-27(26-19(17)24)13-6-7-16(14(22)9-13)30-20-15(23)8-12(21)10-25-20/h6-11H,2-5H2,1H3,(H2,24,26). The van der Waals surface area contributed by atoms with E-state index in [-0.39, 0.29) is 28.8 Å². The van der Waals surface area contributed by atoms with Crippen LogP contribution in [0.5, 0.6) is 17.4 Å². The summed E-state index contributed by atoms with van der Waals surface area (Å²) in [7, 11) is 0. The number of nitrogens with two attached hydrogens (primary N) is 1. The summed E-state index contributed by atoms with van der Waals surface area (Å²) in [5, 5.41) is 4.12. The molecule has 0 aliphatic carbocycles.